The fraction of sp³-hybridized carbons (Fsp3) is 0.643. The Bertz CT molecular complexity index is 400. The Morgan fingerprint density at radius 3 is 2.56 bits per heavy atom. The lowest BCUT2D eigenvalue weighted by atomic mass is 9.82. The normalized spacial score (nSPS) is 20.3. The van der Waals surface area contributed by atoms with Gasteiger partial charge in [-0.1, -0.05) is 12.8 Å². The topological polar surface area (TPSA) is 28.2 Å². The molecule has 2 rings (SSSR count). The van der Waals surface area contributed by atoms with Crippen molar-refractivity contribution in [3.05, 3.63) is 29.8 Å². The van der Waals surface area contributed by atoms with Crippen molar-refractivity contribution < 1.29 is 4.39 Å². The summed E-state index contributed by atoms with van der Waals surface area (Å²) < 4.78 is 14.0. The molecule has 0 amide bonds. The van der Waals surface area contributed by atoms with Crippen LogP contribution in [-0.2, 0) is 0 Å². The Kier molecular flexibility index (Phi) is 3.97. The Balaban J connectivity index is 2.41. The lowest BCUT2D eigenvalue weighted by Crippen LogP contribution is -2.51. The number of aromatic nitrogens is 1. The molecule has 1 unspecified atom stereocenters. The first-order valence-corrected chi connectivity index (χ1v) is 6.56. The summed E-state index contributed by atoms with van der Waals surface area (Å²) >= 11 is 0. The van der Waals surface area contributed by atoms with E-state index >= 15 is 0 Å². The molecule has 1 aromatic rings. The van der Waals surface area contributed by atoms with Crippen LogP contribution >= 0.6 is 0 Å². The Morgan fingerprint density at radius 2 is 2.06 bits per heavy atom. The molecule has 1 saturated carbocycles. The molecule has 0 bridgehead atoms. The number of likely N-dealkylation sites (N-methyl/N-ethyl adjacent to an activating group) is 2. The fourth-order valence-corrected chi connectivity index (χ4v) is 3.32. The van der Waals surface area contributed by atoms with Crippen LogP contribution in [0.3, 0.4) is 0 Å². The Labute approximate surface area is 108 Å². The molecule has 1 heterocycles. The molecule has 18 heavy (non-hydrogen) atoms. The predicted octanol–water partition coefficient (Wildman–Crippen LogP) is 2.36. The summed E-state index contributed by atoms with van der Waals surface area (Å²) in [6.07, 6.45) is 7.60. The van der Waals surface area contributed by atoms with Crippen LogP contribution in [0.25, 0.3) is 0 Å². The standard InChI is InChI=1S/C14H22FN3/c1-16-13(11-6-9-17-10-12(11)15)14(18(2)3)7-4-5-8-14/h6,9-10,13,16H,4-5,7-8H2,1-3H3. The zero-order valence-electron chi connectivity index (χ0n) is 11.4. The third-order valence-corrected chi connectivity index (χ3v) is 4.30. The summed E-state index contributed by atoms with van der Waals surface area (Å²) in [4.78, 5) is 6.09. The summed E-state index contributed by atoms with van der Waals surface area (Å²) in [5.41, 5.74) is 0.736. The second-order valence-electron chi connectivity index (χ2n) is 5.32. The van der Waals surface area contributed by atoms with Crippen LogP contribution in [0.4, 0.5) is 4.39 Å². The zero-order chi connectivity index (χ0) is 13.2. The summed E-state index contributed by atoms with van der Waals surface area (Å²) in [7, 11) is 6.09. The smallest absolute Gasteiger partial charge is 0.146 e. The second-order valence-corrected chi connectivity index (χ2v) is 5.32. The second kappa shape index (κ2) is 5.33. The Morgan fingerprint density at radius 1 is 1.39 bits per heavy atom. The maximum Gasteiger partial charge on any atom is 0.146 e. The van der Waals surface area contributed by atoms with E-state index in [1.807, 2.05) is 7.05 Å². The molecule has 1 N–H and O–H groups in total. The minimum Gasteiger partial charge on any atom is -0.311 e. The number of rotatable bonds is 4. The van der Waals surface area contributed by atoms with E-state index in [-0.39, 0.29) is 17.4 Å². The Hall–Kier alpha value is -1.00. The van der Waals surface area contributed by atoms with Crippen LogP contribution in [0.5, 0.6) is 0 Å². The molecule has 1 atom stereocenters. The molecule has 1 fully saturated rings. The molecule has 4 heteroatoms. The van der Waals surface area contributed by atoms with Gasteiger partial charge in [0.2, 0.25) is 0 Å². The van der Waals surface area contributed by atoms with Gasteiger partial charge >= 0.3 is 0 Å². The number of nitrogens with one attached hydrogen (secondary N) is 1. The summed E-state index contributed by atoms with van der Waals surface area (Å²) in [6, 6.07) is 1.80. The quantitative estimate of drug-likeness (QED) is 0.890. The first-order chi connectivity index (χ1) is 8.62. The van der Waals surface area contributed by atoms with Gasteiger partial charge in [-0.2, -0.15) is 0 Å². The molecule has 0 radical (unpaired) electrons. The molecule has 0 saturated heterocycles. The van der Waals surface area contributed by atoms with Gasteiger partial charge in [-0.05, 0) is 40.1 Å². The van der Waals surface area contributed by atoms with Crippen molar-refractivity contribution in [1.29, 1.82) is 0 Å². The van der Waals surface area contributed by atoms with E-state index < -0.39 is 0 Å². The van der Waals surface area contributed by atoms with E-state index in [4.69, 9.17) is 0 Å². The third kappa shape index (κ3) is 2.15. The molecule has 0 spiro atoms. The lowest BCUT2D eigenvalue weighted by Gasteiger charge is -2.43. The lowest BCUT2D eigenvalue weighted by molar-refractivity contribution is 0.107. The van der Waals surface area contributed by atoms with Crippen molar-refractivity contribution in [3.8, 4) is 0 Å². The molecule has 0 aromatic carbocycles. The van der Waals surface area contributed by atoms with Crippen LogP contribution in [0.2, 0.25) is 0 Å². The number of nitrogens with zero attached hydrogens (tertiary/aromatic N) is 2. The average Bonchev–Trinajstić information content (AvgIpc) is 2.83. The molecule has 1 aliphatic rings. The van der Waals surface area contributed by atoms with Gasteiger partial charge in [0.1, 0.15) is 5.82 Å². The van der Waals surface area contributed by atoms with Gasteiger partial charge < -0.3 is 10.2 Å². The van der Waals surface area contributed by atoms with Gasteiger partial charge in [0, 0.05) is 17.3 Å². The molecule has 3 nitrogen and oxygen atoms in total. The molecular weight excluding hydrogens is 229 g/mol. The number of halogens is 1. The van der Waals surface area contributed by atoms with E-state index in [2.05, 4.69) is 29.3 Å². The molecule has 1 aromatic heterocycles. The van der Waals surface area contributed by atoms with E-state index in [1.165, 1.54) is 19.0 Å². The van der Waals surface area contributed by atoms with Crippen LogP contribution < -0.4 is 5.32 Å². The average molecular weight is 251 g/mol. The highest BCUT2D eigenvalue weighted by molar-refractivity contribution is 5.23. The molecule has 100 valence electrons. The monoisotopic (exact) mass is 251 g/mol. The molecular formula is C14H22FN3. The van der Waals surface area contributed by atoms with Crippen LogP contribution in [0.15, 0.2) is 18.5 Å². The van der Waals surface area contributed by atoms with E-state index in [0.717, 1.165) is 18.4 Å². The number of hydrogen-bond acceptors (Lipinski definition) is 3. The maximum absolute atomic E-state index is 14.0. The van der Waals surface area contributed by atoms with E-state index in [0.29, 0.717) is 0 Å². The van der Waals surface area contributed by atoms with Crippen molar-refractivity contribution in [2.45, 2.75) is 37.3 Å². The zero-order valence-corrected chi connectivity index (χ0v) is 11.4. The van der Waals surface area contributed by atoms with Crippen molar-refractivity contribution in [2.24, 2.45) is 0 Å². The third-order valence-electron chi connectivity index (χ3n) is 4.30. The van der Waals surface area contributed by atoms with Gasteiger partial charge in [0.25, 0.3) is 0 Å². The van der Waals surface area contributed by atoms with Gasteiger partial charge in [-0.25, -0.2) is 4.39 Å². The predicted molar refractivity (Wildman–Crippen MR) is 70.9 cm³/mol. The number of pyridine rings is 1. The van der Waals surface area contributed by atoms with Crippen molar-refractivity contribution in [2.75, 3.05) is 21.1 Å². The van der Waals surface area contributed by atoms with Gasteiger partial charge in [0.05, 0.1) is 12.2 Å². The number of hydrogen-bond donors (Lipinski definition) is 1. The minimum absolute atomic E-state index is 0.0109. The van der Waals surface area contributed by atoms with Crippen LogP contribution in [0, 0.1) is 5.82 Å². The van der Waals surface area contributed by atoms with Crippen molar-refractivity contribution in [1.82, 2.24) is 15.2 Å². The fourth-order valence-electron chi connectivity index (χ4n) is 3.32. The van der Waals surface area contributed by atoms with Gasteiger partial charge in [-0.3, -0.25) is 4.98 Å². The molecule has 1 aliphatic carbocycles. The highest BCUT2D eigenvalue weighted by Crippen LogP contribution is 2.43. The largest absolute Gasteiger partial charge is 0.311 e. The SMILES string of the molecule is CNC(c1ccncc1F)C1(N(C)C)CCCC1. The van der Waals surface area contributed by atoms with Crippen molar-refractivity contribution in [3.63, 3.8) is 0 Å². The molecule has 0 aliphatic heterocycles. The van der Waals surface area contributed by atoms with Gasteiger partial charge in [-0.15, -0.1) is 0 Å². The first-order valence-electron chi connectivity index (χ1n) is 6.56. The summed E-state index contributed by atoms with van der Waals surface area (Å²) in [5.74, 6) is -0.218. The van der Waals surface area contributed by atoms with Crippen LogP contribution in [-0.4, -0.2) is 36.6 Å². The highest BCUT2D eigenvalue weighted by Gasteiger charge is 2.44. The van der Waals surface area contributed by atoms with E-state index in [1.54, 1.807) is 12.3 Å². The summed E-state index contributed by atoms with van der Waals surface area (Å²) in [6.45, 7) is 0. The minimum atomic E-state index is -0.218. The van der Waals surface area contributed by atoms with Crippen molar-refractivity contribution >= 4 is 0 Å². The van der Waals surface area contributed by atoms with Crippen LogP contribution in [0.1, 0.15) is 37.3 Å². The van der Waals surface area contributed by atoms with E-state index in [9.17, 15) is 4.39 Å². The highest BCUT2D eigenvalue weighted by atomic mass is 19.1. The maximum atomic E-state index is 14.0. The summed E-state index contributed by atoms with van der Waals surface area (Å²) in [5, 5.41) is 3.31. The first kappa shape index (κ1) is 13.4. The van der Waals surface area contributed by atoms with Gasteiger partial charge in [0.15, 0.2) is 0 Å².